The molecule has 1 aromatic carbocycles. The Morgan fingerprint density at radius 2 is 2.26 bits per heavy atom. The van der Waals surface area contributed by atoms with Crippen molar-refractivity contribution < 1.29 is 0 Å². The van der Waals surface area contributed by atoms with Gasteiger partial charge in [0.25, 0.3) is 0 Å². The Kier molecular flexibility index (Phi) is 4.74. The van der Waals surface area contributed by atoms with Gasteiger partial charge >= 0.3 is 0 Å². The zero-order valence-electron chi connectivity index (χ0n) is 11.2. The number of halogens is 1. The summed E-state index contributed by atoms with van der Waals surface area (Å²) in [5.41, 5.74) is 1.80. The summed E-state index contributed by atoms with van der Waals surface area (Å²) in [6.45, 7) is 4.35. The van der Waals surface area contributed by atoms with E-state index in [-0.39, 0.29) is 0 Å². The monoisotopic (exact) mass is 279 g/mol. The number of hydrogen-bond donors (Lipinski definition) is 1. The Hall–Kier alpha value is -1.62. The average molecular weight is 280 g/mol. The standard InChI is InChI=1S/C13H18ClN5/c1-3-4-5-10(2)16-13-8-11(6-7-12(13)14)19-9-15-17-18-19/h6-10,16H,3-5H2,1-2H3. The number of rotatable bonds is 6. The highest BCUT2D eigenvalue weighted by Crippen LogP contribution is 2.25. The third-order valence-electron chi connectivity index (χ3n) is 2.96. The van der Waals surface area contributed by atoms with Crippen LogP contribution in [0.2, 0.25) is 5.02 Å². The fourth-order valence-corrected chi connectivity index (χ4v) is 2.07. The smallest absolute Gasteiger partial charge is 0.143 e. The summed E-state index contributed by atoms with van der Waals surface area (Å²) in [4.78, 5) is 0. The minimum atomic E-state index is 0.390. The van der Waals surface area contributed by atoms with Crippen LogP contribution in [0.15, 0.2) is 24.5 Å². The molecule has 0 fully saturated rings. The van der Waals surface area contributed by atoms with Crippen molar-refractivity contribution in [3.63, 3.8) is 0 Å². The van der Waals surface area contributed by atoms with E-state index in [1.54, 1.807) is 11.0 Å². The molecule has 1 unspecified atom stereocenters. The molecule has 1 atom stereocenters. The van der Waals surface area contributed by atoms with Gasteiger partial charge in [-0.25, -0.2) is 4.68 Å². The lowest BCUT2D eigenvalue weighted by Crippen LogP contribution is -2.15. The molecule has 0 aliphatic heterocycles. The molecule has 0 aliphatic rings. The second-order valence-electron chi connectivity index (χ2n) is 4.61. The molecule has 19 heavy (non-hydrogen) atoms. The largest absolute Gasteiger partial charge is 0.381 e. The van der Waals surface area contributed by atoms with Crippen molar-refractivity contribution in [2.45, 2.75) is 39.2 Å². The molecule has 2 aromatic rings. The van der Waals surface area contributed by atoms with Gasteiger partial charge in [-0.1, -0.05) is 31.4 Å². The van der Waals surface area contributed by atoms with Crippen LogP contribution >= 0.6 is 11.6 Å². The second kappa shape index (κ2) is 6.52. The molecular weight excluding hydrogens is 262 g/mol. The highest BCUT2D eigenvalue weighted by Gasteiger charge is 2.07. The van der Waals surface area contributed by atoms with Gasteiger partial charge in [0.2, 0.25) is 0 Å². The zero-order chi connectivity index (χ0) is 13.7. The molecule has 0 saturated carbocycles. The number of tetrazole rings is 1. The van der Waals surface area contributed by atoms with Gasteiger partial charge in [0.1, 0.15) is 6.33 Å². The van der Waals surface area contributed by atoms with Crippen LogP contribution < -0.4 is 5.32 Å². The molecule has 0 aliphatic carbocycles. The lowest BCUT2D eigenvalue weighted by molar-refractivity contribution is 0.645. The summed E-state index contributed by atoms with van der Waals surface area (Å²) < 4.78 is 1.61. The van der Waals surface area contributed by atoms with Crippen molar-refractivity contribution in [2.75, 3.05) is 5.32 Å². The van der Waals surface area contributed by atoms with E-state index in [2.05, 4.69) is 34.7 Å². The first kappa shape index (κ1) is 13.8. The summed E-state index contributed by atoms with van der Waals surface area (Å²) >= 11 is 6.21. The van der Waals surface area contributed by atoms with E-state index in [1.165, 1.54) is 12.8 Å². The van der Waals surface area contributed by atoms with Crippen molar-refractivity contribution in [3.05, 3.63) is 29.5 Å². The molecule has 2 rings (SSSR count). The van der Waals surface area contributed by atoms with Gasteiger partial charge in [-0.15, -0.1) is 5.10 Å². The Balaban J connectivity index is 2.13. The molecular formula is C13H18ClN5. The normalized spacial score (nSPS) is 12.4. The van der Waals surface area contributed by atoms with Gasteiger partial charge < -0.3 is 5.32 Å². The number of anilines is 1. The van der Waals surface area contributed by atoms with Crippen LogP contribution in [0.25, 0.3) is 5.69 Å². The van der Waals surface area contributed by atoms with E-state index < -0.39 is 0 Å². The van der Waals surface area contributed by atoms with Crippen LogP contribution in [0.4, 0.5) is 5.69 Å². The van der Waals surface area contributed by atoms with Crippen molar-refractivity contribution in [2.24, 2.45) is 0 Å². The maximum Gasteiger partial charge on any atom is 0.143 e. The van der Waals surface area contributed by atoms with E-state index in [4.69, 9.17) is 11.6 Å². The van der Waals surface area contributed by atoms with E-state index >= 15 is 0 Å². The van der Waals surface area contributed by atoms with Gasteiger partial charge in [-0.2, -0.15) is 0 Å². The Morgan fingerprint density at radius 1 is 1.42 bits per heavy atom. The fourth-order valence-electron chi connectivity index (χ4n) is 1.89. The molecule has 0 amide bonds. The van der Waals surface area contributed by atoms with Crippen molar-refractivity contribution in [1.29, 1.82) is 0 Å². The number of nitrogens with one attached hydrogen (secondary N) is 1. The van der Waals surface area contributed by atoms with E-state index in [0.717, 1.165) is 17.8 Å². The maximum absolute atomic E-state index is 6.21. The van der Waals surface area contributed by atoms with Gasteiger partial charge in [0, 0.05) is 6.04 Å². The average Bonchev–Trinajstić information content (AvgIpc) is 2.93. The van der Waals surface area contributed by atoms with Crippen LogP contribution in [-0.4, -0.2) is 26.2 Å². The van der Waals surface area contributed by atoms with E-state index in [0.29, 0.717) is 11.1 Å². The Bertz CT molecular complexity index is 512. The first-order chi connectivity index (χ1) is 9.20. The summed E-state index contributed by atoms with van der Waals surface area (Å²) in [6.07, 6.45) is 5.10. The molecule has 1 heterocycles. The zero-order valence-corrected chi connectivity index (χ0v) is 11.9. The predicted octanol–water partition coefficient (Wildman–Crippen LogP) is 3.31. The van der Waals surface area contributed by atoms with Crippen molar-refractivity contribution in [1.82, 2.24) is 20.2 Å². The summed E-state index contributed by atoms with van der Waals surface area (Å²) in [5, 5.41) is 15.3. The third-order valence-corrected chi connectivity index (χ3v) is 3.29. The van der Waals surface area contributed by atoms with Crippen LogP contribution in [0, 0.1) is 0 Å². The lowest BCUT2D eigenvalue weighted by Gasteiger charge is -2.16. The first-order valence-electron chi connectivity index (χ1n) is 6.50. The van der Waals surface area contributed by atoms with Crippen LogP contribution in [0.1, 0.15) is 33.1 Å². The SMILES string of the molecule is CCCCC(C)Nc1cc(-n2cnnn2)ccc1Cl. The maximum atomic E-state index is 6.21. The second-order valence-corrected chi connectivity index (χ2v) is 5.01. The quantitative estimate of drug-likeness (QED) is 0.881. The summed E-state index contributed by atoms with van der Waals surface area (Å²) in [7, 11) is 0. The van der Waals surface area contributed by atoms with Crippen LogP contribution in [-0.2, 0) is 0 Å². The number of hydrogen-bond acceptors (Lipinski definition) is 4. The topological polar surface area (TPSA) is 55.6 Å². The molecule has 102 valence electrons. The highest BCUT2D eigenvalue weighted by molar-refractivity contribution is 6.33. The Labute approximate surface area is 118 Å². The number of nitrogens with zero attached hydrogens (tertiary/aromatic N) is 4. The third kappa shape index (κ3) is 3.67. The minimum Gasteiger partial charge on any atom is -0.381 e. The van der Waals surface area contributed by atoms with Gasteiger partial charge in [0.15, 0.2) is 0 Å². The Morgan fingerprint density at radius 3 is 2.95 bits per heavy atom. The molecule has 1 N–H and O–H groups in total. The molecule has 0 bridgehead atoms. The van der Waals surface area contributed by atoms with Gasteiger partial charge in [0.05, 0.1) is 16.4 Å². The van der Waals surface area contributed by atoms with E-state index in [9.17, 15) is 0 Å². The van der Waals surface area contributed by atoms with Crippen LogP contribution in [0.3, 0.4) is 0 Å². The predicted molar refractivity (Wildman–Crippen MR) is 76.8 cm³/mol. The molecule has 0 radical (unpaired) electrons. The number of benzene rings is 1. The molecule has 0 spiro atoms. The van der Waals surface area contributed by atoms with Crippen molar-refractivity contribution in [3.8, 4) is 5.69 Å². The molecule has 0 saturated heterocycles. The van der Waals surface area contributed by atoms with Crippen LogP contribution in [0.5, 0.6) is 0 Å². The number of aromatic nitrogens is 4. The fraction of sp³-hybridized carbons (Fsp3) is 0.462. The number of unbranched alkanes of at least 4 members (excludes halogenated alkanes) is 1. The minimum absolute atomic E-state index is 0.390. The lowest BCUT2D eigenvalue weighted by atomic mass is 10.1. The van der Waals surface area contributed by atoms with Gasteiger partial charge in [-0.3, -0.25) is 0 Å². The molecule has 5 nitrogen and oxygen atoms in total. The summed E-state index contributed by atoms with van der Waals surface area (Å²) in [6, 6.07) is 6.09. The van der Waals surface area contributed by atoms with Crippen molar-refractivity contribution >= 4 is 17.3 Å². The molecule has 1 aromatic heterocycles. The van der Waals surface area contributed by atoms with Gasteiger partial charge in [-0.05, 0) is 42.0 Å². The highest BCUT2D eigenvalue weighted by atomic mass is 35.5. The first-order valence-corrected chi connectivity index (χ1v) is 6.88. The van der Waals surface area contributed by atoms with E-state index in [1.807, 2.05) is 18.2 Å². The molecule has 6 heteroatoms. The summed E-state index contributed by atoms with van der Waals surface area (Å²) in [5.74, 6) is 0.